The summed E-state index contributed by atoms with van der Waals surface area (Å²) >= 11 is 5.92. The smallest absolute Gasteiger partial charge is 0.260 e. The van der Waals surface area contributed by atoms with Crippen molar-refractivity contribution in [3.8, 4) is 11.5 Å². The maximum absolute atomic E-state index is 12.8. The number of anilines is 1. The molecule has 2 atom stereocenters. The second kappa shape index (κ2) is 12.1. The number of nitrogens with zero attached hydrogens (tertiary/aromatic N) is 4. The van der Waals surface area contributed by atoms with E-state index in [1.54, 1.807) is 24.3 Å². The molecule has 3 aromatic carbocycles. The second-order valence-electron chi connectivity index (χ2n) is 9.51. The molecule has 3 aromatic rings. The molecule has 0 aromatic heterocycles. The molecule has 0 bridgehead atoms. The summed E-state index contributed by atoms with van der Waals surface area (Å²) in [5, 5.41) is 12.2. The SMILES string of the molecule is CCOc1ccccc1N1C(C(C)N2CCN(C(=O)COc3ccc(Cl)cc3)CC2)=Nc2ccccc2C1O. The van der Waals surface area contributed by atoms with Crippen LogP contribution in [0.3, 0.4) is 0 Å². The number of hydrogen-bond acceptors (Lipinski definition) is 7. The molecule has 2 heterocycles. The predicted octanol–water partition coefficient (Wildman–Crippen LogP) is 4.89. The van der Waals surface area contributed by atoms with Crippen molar-refractivity contribution in [3.05, 3.63) is 83.4 Å². The zero-order valence-corrected chi connectivity index (χ0v) is 22.9. The third-order valence-corrected chi connectivity index (χ3v) is 7.38. The highest BCUT2D eigenvalue weighted by molar-refractivity contribution is 6.30. The van der Waals surface area contributed by atoms with E-state index < -0.39 is 6.23 Å². The number of rotatable bonds is 8. The number of para-hydroxylation sites is 3. The minimum Gasteiger partial charge on any atom is -0.492 e. The molecule has 0 spiro atoms. The van der Waals surface area contributed by atoms with Crippen molar-refractivity contribution in [3.63, 3.8) is 0 Å². The number of benzene rings is 3. The topological polar surface area (TPSA) is 77.8 Å². The first kappa shape index (κ1) is 27.0. The van der Waals surface area contributed by atoms with E-state index in [-0.39, 0.29) is 18.6 Å². The van der Waals surface area contributed by atoms with Gasteiger partial charge in [0, 0.05) is 36.8 Å². The lowest BCUT2D eigenvalue weighted by molar-refractivity contribution is -0.135. The fraction of sp³-hybridized carbons (Fsp3) is 0.333. The number of amides is 1. The number of aliphatic hydroxyl groups excluding tert-OH is 1. The van der Waals surface area contributed by atoms with Gasteiger partial charge in [-0.1, -0.05) is 41.9 Å². The summed E-state index contributed by atoms with van der Waals surface area (Å²) in [5.41, 5.74) is 2.26. The van der Waals surface area contributed by atoms with Gasteiger partial charge in [-0.05, 0) is 56.3 Å². The van der Waals surface area contributed by atoms with Crippen molar-refractivity contribution in [1.82, 2.24) is 9.80 Å². The Kier molecular flexibility index (Phi) is 8.35. The quantitative estimate of drug-likeness (QED) is 0.432. The molecule has 0 aliphatic carbocycles. The molecule has 1 N–H and O–H groups in total. The Morgan fingerprint density at radius 2 is 1.69 bits per heavy atom. The van der Waals surface area contributed by atoms with Gasteiger partial charge in [-0.3, -0.25) is 14.6 Å². The number of carbonyl (C=O) groups is 1. The summed E-state index contributed by atoms with van der Waals surface area (Å²) in [6, 6.07) is 22.2. The number of piperazine rings is 1. The third-order valence-electron chi connectivity index (χ3n) is 7.13. The first-order valence-electron chi connectivity index (χ1n) is 13.2. The highest BCUT2D eigenvalue weighted by Crippen LogP contribution is 2.41. The third kappa shape index (κ3) is 5.88. The van der Waals surface area contributed by atoms with Gasteiger partial charge in [0.1, 0.15) is 17.3 Å². The molecule has 204 valence electrons. The number of fused-ring (bicyclic) bond motifs is 1. The second-order valence-corrected chi connectivity index (χ2v) is 9.94. The van der Waals surface area contributed by atoms with Gasteiger partial charge in [0.05, 0.1) is 24.0 Å². The van der Waals surface area contributed by atoms with E-state index in [1.165, 1.54) is 0 Å². The van der Waals surface area contributed by atoms with Crippen molar-refractivity contribution in [2.24, 2.45) is 4.99 Å². The summed E-state index contributed by atoms with van der Waals surface area (Å²) < 4.78 is 11.6. The molecule has 0 saturated carbocycles. The van der Waals surface area contributed by atoms with Crippen LogP contribution in [0.1, 0.15) is 25.6 Å². The number of aliphatic imine (C=N–C) groups is 1. The fourth-order valence-corrected chi connectivity index (χ4v) is 5.15. The van der Waals surface area contributed by atoms with Crippen molar-refractivity contribution < 1.29 is 19.4 Å². The van der Waals surface area contributed by atoms with Crippen LogP contribution in [0.25, 0.3) is 0 Å². The van der Waals surface area contributed by atoms with E-state index >= 15 is 0 Å². The summed E-state index contributed by atoms with van der Waals surface area (Å²) in [5.74, 6) is 1.99. The molecule has 2 aliphatic heterocycles. The van der Waals surface area contributed by atoms with Crippen LogP contribution in [0, 0.1) is 0 Å². The van der Waals surface area contributed by atoms with Crippen LogP contribution in [0.4, 0.5) is 11.4 Å². The Morgan fingerprint density at radius 1 is 1.00 bits per heavy atom. The minimum atomic E-state index is -0.911. The van der Waals surface area contributed by atoms with Crippen molar-refractivity contribution in [2.45, 2.75) is 26.1 Å². The van der Waals surface area contributed by atoms with E-state index in [1.807, 2.05) is 65.3 Å². The van der Waals surface area contributed by atoms with Gasteiger partial charge in [0.25, 0.3) is 5.91 Å². The van der Waals surface area contributed by atoms with E-state index in [0.717, 1.165) is 22.8 Å². The van der Waals surface area contributed by atoms with Crippen molar-refractivity contribution >= 4 is 34.7 Å². The molecule has 2 unspecified atom stereocenters. The fourth-order valence-electron chi connectivity index (χ4n) is 5.02. The van der Waals surface area contributed by atoms with Gasteiger partial charge < -0.3 is 19.5 Å². The van der Waals surface area contributed by atoms with Crippen LogP contribution in [0.2, 0.25) is 5.02 Å². The highest BCUT2D eigenvalue weighted by atomic mass is 35.5. The minimum absolute atomic E-state index is 0.0190. The van der Waals surface area contributed by atoms with E-state index in [9.17, 15) is 9.90 Å². The first-order chi connectivity index (χ1) is 19.0. The molecular weight excluding hydrogens is 516 g/mol. The van der Waals surface area contributed by atoms with Gasteiger partial charge in [0.2, 0.25) is 0 Å². The number of hydrogen-bond donors (Lipinski definition) is 1. The van der Waals surface area contributed by atoms with Crippen LogP contribution in [-0.2, 0) is 4.79 Å². The Morgan fingerprint density at radius 3 is 2.44 bits per heavy atom. The van der Waals surface area contributed by atoms with Crippen LogP contribution in [0.5, 0.6) is 11.5 Å². The number of ether oxygens (including phenoxy) is 2. The van der Waals surface area contributed by atoms with Gasteiger partial charge in [-0.25, -0.2) is 4.99 Å². The summed E-state index contributed by atoms with van der Waals surface area (Å²) in [6.07, 6.45) is -0.911. The van der Waals surface area contributed by atoms with E-state index in [4.69, 9.17) is 26.1 Å². The lowest BCUT2D eigenvalue weighted by Crippen LogP contribution is -2.57. The number of halogens is 1. The summed E-state index contributed by atoms with van der Waals surface area (Å²) in [6.45, 7) is 7.03. The van der Waals surface area contributed by atoms with Gasteiger partial charge >= 0.3 is 0 Å². The number of aliphatic hydroxyl groups is 1. The maximum Gasteiger partial charge on any atom is 0.260 e. The van der Waals surface area contributed by atoms with Crippen molar-refractivity contribution in [1.29, 1.82) is 0 Å². The van der Waals surface area contributed by atoms with Crippen LogP contribution in [0.15, 0.2) is 77.8 Å². The largest absolute Gasteiger partial charge is 0.492 e. The molecule has 1 fully saturated rings. The van der Waals surface area contributed by atoms with E-state index in [0.29, 0.717) is 49.3 Å². The lowest BCUT2D eigenvalue weighted by atomic mass is 10.0. The lowest BCUT2D eigenvalue weighted by Gasteiger charge is -2.43. The van der Waals surface area contributed by atoms with Crippen molar-refractivity contribution in [2.75, 3.05) is 44.3 Å². The molecule has 5 rings (SSSR count). The number of amidine groups is 1. The van der Waals surface area contributed by atoms with Crippen LogP contribution >= 0.6 is 11.6 Å². The molecule has 0 radical (unpaired) electrons. The van der Waals surface area contributed by atoms with Crippen LogP contribution in [-0.4, -0.2) is 72.1 Å². The molecule has 1 amide bonds. The standard InChI is InChI=1S/C30H33ClN4O4/c1-3-38-27-11-7-6-10-26(27)35-29(32-25-9-5-4-8-24(25)30(35)37)21(2)33-16-18-34(19-17-33)28(36)20-39-23-14-12-22(31)13-15-23/h4-15,21,30,37H,3,16-20H2,1-2H3. The molecule has 39 heavy (non-hydrogen) atoms. The summed E-state index contributed by atoms with van der Waals surface area (Å²) in [4.78, 5) is 23.8. The average Bonchev–Trinajstić information content (AvgIpc) is 2.97. The Hall–Kier alpha value is -3.59. The first-order valence-corrected chi connectivity index (χ1v) is 13.6. The zero-order valence-electron chi connectivity index (χ0n) is 22.2. The van der Waals surface area contributed by atoms with Gasteiger partial charge in [-0.2, -0.15) is 0 Å². The highest BCUT2D eigenvalue weighted by Gasteiger charge is 2.36. The van der Waals surface area contributed by atoms with E-state index in [2.05, 4.69) is 11.8 Å². The molecular formula is C30H33ClN4O4. The Balaban J connectivity index is 1.31. The van der Waals surface area contributed by atoms with Gasteiger partial charge in [-0.15, -0.1) is 0 Å². The summed E-state index contributed by atoms with van der Waals surface area (Å²) in [7, 11) is 0. The monoisotopic (exact) mass is 548 g/mol. The predicted molar refractivity (Wildman–Crippen MR) is 153 cm³/mol. The number of carbonyl (C=O) groups excluding carboxylic acids is 1. The normalized spacial score (nSPS) is 18.3. The molecule has 9 heteroatoms. The molecule has 1 saturated heterocycles. The maximum atomic E-state index is 12.8. The molecule has 2 aliphatic rings. The average molecular weight is 549 g/mol. The zero-order chi connectivity index (χ0) is 27.4. The van der Waals surface area contributed by atoms with Crippen LogP contribution < -0.4 is 14.4 Å². The van der Waals surface area contributed by atoms with Gasteiger partial charge in [0.15, 0.2) is 12.8 Å². The Bertz CT molecular complexity index is 1320. The molecule has 8 nitrogen and oxygen atoms in total. The Labute approximate surface area is 234 Å².